The van der Waals surface area contributed by atoms with Crippen LogP contribution in [0.25, 0.3) is 0 Å². The molecule has 13 heavy (non-hydrogen) atoms. The number of benzene rings is 1. The first kappa shape index (κ1) is 10.6. The fourth-order valence-electron chi connectivity index (χ4n) is 1.25. The van der Waals surface area contributed by atoms with Crippen molar-refractivity contribution in [2.75, 3.05) is 0 Å². The molecule has 72 valence electrons. The molecule has 3 heteroatoms. The third-order valence-corrected chi connectivity index (χ3v) is 2.44. The zero-order valence-corrected chi connectivity index (χ0v) is 8.95. The zero-order valence-electron chi connectivity index (χ0n) is 7.95. The van der Waals surface area contributed by atoms with Gasteiger partial charge < -0.3 is 9.42 Å². The summed E-state index contributed by atoms with van der Waals surface area (Å²) in [6, 6.07) is 10.1. The molecule has 2 nitrogen and oxygen atoms in total. The highest BCUT2D eigenvalue weighted by atomic mass is 31.1. The molecule has 0 saturated heterocycles. The normalized spacial score (nSPS) is 12.5. The van der Waals surface area contributed by atoms with E-state index in [0.29, 0.717) is 0 Å². The predicted molar refractivity (Wildman–Crippen MR) is 55.8 cm³/mol. The second kappa shape index (κ2) is 4.71. The minimum absolute atomic E-state index is 0.283. The number of hydrogen-bond donors (Lipinski definition) is 1. The van der Waals surface area contributed by atoms with Gasteiger partial charge in [0.05, 0.1) is 5.60 Å². The van der Waals surface area contributed by atoms with Crippen LogP contribution in [0.5, 0.6) is 0 Å². The third kappa shape index (κ3) is 3.86. The van der Waals surface area contributed by atoms with E-state index in [0.717, 1.165) is 6.42 Å². The van der Waals surface area contributed by atoms with Crippen molar-refractivity contribution in [3.8, 4) is 0 Å². The minimum Gasteiger partial charge on any atom is -0.352 e. The van der Waals surface area contributed by atoms with Crippen LogP contribution in [-0.2, 0) is 10.9 Å². The van der Waals surface area contributed by atoms with Crippen molar-refractivity contribution in [3.63, 3.8) is 0 Å². The Morgan fingerprint density at radius 1 is 1.31 bits per heavy atom. The average Bonchev–Trinajstić information content (AvgIpc) is 2.04. The van der Waals surface area contributed by atoms with Crippen LogP contribution in [0.2, 0.25) is 0 Å². The summed E-state index contributed by atoms with van der Waals surface area (Å²) in [5.74, 6) is 0. The maximum atomic E-state index is 8.69. The maximum Gasteiger partial charge on any atom is 0.152 e. The van der Waals surface area contributed by atoms with Gasteiger partial charge in [-0.15, -0.1) is 0 Å². The van der Waals surface area contributed by atoms with Crippen LogP contribution < -0.4 is 0 Å². The Labute approximate surface area is 80.9 Å². The minimum atomic E-state index is -0.439. The van der Waals surface area contributed by atoms with E-state index in [9.17, 15) is 0 Å². The number of hydrogen-bond acceptors (Lipinski definition) is 2. The molecular formula is C10H15O2P. The van der Waals surface area contributed by atoms with E-state index in [-0.39, 0.29) is 5.60 Å². The Kier molecular flexibility index (Phi) is 3.86. The third-order valence-electron chi connectivity index (χ3n) is 1.79. The highest BCUT2D eigenvalue weighted by Crippen LogP contribution is 2.23. The maximum absolute atomic E-state index is 8.69. The summed E-state index contributed by atoms with van der Waals surface area (Å²) in [5.41, 5.74) is 0.944. The lowest BCUT2D eigenvalue weighted by molar-refractivity contribution is 0.120. The van der Waals surface area contributed by atoms with E-state index in [1.165, 1.54) is 5.56 Å². The van der Waals surface area contributed by atoms with Crippen LogP contribution in [0.15, 0.2) is 30.3 Å². The lowest BCUT2D eigenvalue weighted by Gasteiger charge is -2.23. The Balaban J connectivity index is 2.58. The monoisotopic (exact) mass is 198 g/mol. The summed E-state index contributed by atoms with van der Waals surface area (Å²) in [4.78, 5) is 8.69. The van der Waals surface area contributed by atoms with Gasteiger partial charge in [-0.25, -0.2) is 0 Å². The van der Waals surface area contributed by atoms with Crippen LogP contribution in [0, 0.1) is 0 Å². The molecule has 0 amide bonds. The van der Waals surface area contributed by atoms with Gasteiger partial charge in [-0.05, 0) is 19.4 Å². The first-order chi connectivity index (χ1) is 6.14. The van der Waals surface area contributed by atoms with Gasteiger partial charge in [0, 0.05) is 6.42 Å². The predicted octanol–water partition coefficient (Wildman–Crippen LogP) is 2.53. The molecule has 0 radical (unpaired) electrons. The van der Waals surface area contributed by atoms with Gasteiger partial charge in [-0.2, -0.15) is 0 Å². The summed E-state index contributed by atoms with van der Waals surface area (Å²) in [6.07, 6.45) is 0.821. The van der Waals surface area contributed by atoms with Crippen LogP contribution in [-0.4, -0.2) is 10.5 Å². The molecule has 1 aromatic rings. The first-order valence-corrected chi connectivity index (χ1v) is 5.11. The van der Waals surface area contributed by atoms with Gasteiger partial charge in [0.2, 0.25) is 0 Å². The molecule has 0 spiro atoms. The zero-order chi connectivity index (χ0) is 9.73. The molecule has 1 aromatic carbocycles. The SMILES string of the molecule is CC(C)(Cc1ccccc1)OPO. The van der Waals surface area contributed by atoms with E-state index in [2.05, 4.69) is 12.1 Å². The van der Waals surface area contributed by atoms with Crippen molar-refractivity contribution < 1.29 is 9.42 Å². The summed E-state index contributed by atoms with van der Waals surface area (Å²) < 4.78 is 5.22. The molecule has 0 bridgehead atoms. The van der Waals surface area contributed by atoms with Gasteiger partial charge >= 0.3 is 0 Å². The first-order valence-electron chi connectivity index (χ1n) is 4.25. The van der Waals surface area contributed by atoms with Crippen LogP contribution >= 0.6 is 9.03 Å². The smallest absolute Gasteiger partial charge is 0.152 e. The molecule has 0 aliphatic carbocycles. The largest absolute Gasteiger partial charge is 0.352 e. The van der Waals surface area contributed by atoms with E-state index in [4.69, 9.17) is 9.42 Å². The Bertz CT molecular complexity index is 246. The van der Waals surface area contributed by atoms with Crippen molar-refractivity contribution in [1.82, 2.24) is 0 Å². The van der Waals surface area contributed by atoms with E-state index in [1.54, 1.807) is 0 Å². The quantitative estimate of drug-likeness (QED) is 0.753. The number of rotatable bonds is 4. The molecule has 0 aromatic heterocycles. The fourth-order valence-corrected chi connectivity index (χ4v) is 1.57. The molecule has 1 rings (SSSR count). The molecule has 0 fully saturated rings. The molecule has 1 N–H and O–H groups in total. The van der Waals surface area contributed by atoms with Gasteiger partial charge in [0.25, 0.3) is 0 Å². The molecular weight excluding hydrogens is 183 g/mol. The standard InChI is InChI=1S/C10H15O2P/c1-10(2,12-13-11)8-9-6-4-3-5-7-9/h3-7,11,13H,8H2,1-2H3. The topological polar surface area (TPSA) is 29.5 Å². The van der Waals surface area contributed by atoms with E-state index < -0.39 is 9.03 Å². The molecule has 1 atom stereocenters. The lowest BCUT2D eigenvalue weighted by atomic mass is 9.99. The van der Waals surface area contributed by atoms with Gasteiger partial charge in [-0.1, -0.05) is 30.3 Å². The van der Waals surface area contributed by atoms with Crippen LogP contribution in [0.1, 0.15) is 19.4 Å². The van der Waals surface area contributed by atoms with Crippen LogP contribution in [0.4, 0.5) is 0 Å². The summed E-state index contributed by atoms with van der Waals surface area (Å²) >= 11 is 0. The Morgan fingerprint density at radius 2 is 1.92 bits per heavy atom. The average molecular weight is 198 g/mol. The Hall–Kier alpha value is -0.430. The van der Waals surface area contributed by atoms with Crippen molar-refractivity contribution >= 4 is 9.03 Å². The Morgan fingerprint density at radius 3 is 2.46 bits per heavy atom. The second-order valence-electron chi connectivity index (χ2n) is 3.62. The second-order valence-corrected chi connectivity index (χ2v) is 4.00. The van der Waals surface area contributed by atoms with Gasteiger partial charge in [0.15, 0.2) is 9.03 Å². The molecule has 0 aliphatic heterocycles. The van der Waals surface area contributed by atoms with E-state index >= 15 is 0 Å². The summed E-state index contributed by atoms with van der Waals surface area (Å²) in [7, 11) is -0.439. The van der Waals surface area contributed by atoms with Crippen molar-refractivity contribution in [2.45, 2.75) is 25.9 Å². The fraction of sp³-hybridized carbons (Fsp3) is 0.400. The molecule has 0 saturated carbocycles. The van der Waals surface area contributed by atoms with Crippen molar-refractivity contribution in [2.24, 2.45) is 0 Å². The van der Waals surface area contributed by atoms with Gasteiger partial charge in [0.1, 0.15) is 0 Å². The van der Waals surface area contributed by atoms with Crippen molar-refractivity contribution in [1.29, 1.82) is 0 Å². The van der Waals surface area contributed by atoms with Crippen molar-refractivity contribution in [3.05, 3.63) is 35.9 Å². The highest BCUT2D eigenvalue weighted by Gasteiger charge is 2.18. The van der Waals surface area contributed by atoms with E-state index in [1.807, 2.05) is 32.0 Å². The highest BCUT2D eigenvalue weighted by molar-refractivity contribution is 7.25. The summed E-state index contributed by atoms with van der Waals surface area (Å²) in [5, 5.41) is 0. The molecule has 1 unspecified atom stereocenters. The lowest BCUT2D eigenvalue weighted by Crippen LogP contribution is -2.23. The van der Waals surface area contributed by atoms with Gasteiger partial charge in [-0.3, -0.25) is 0 Å². The summed E-state index contributed by atoms with van der Waals surface area (Å²) in [6.45, 7) is 3.95. The van der Waals surface area contributed by atoms with Crippen LogP contribution in [0.3, 0.4) is 0 Å². The molecule has 0 heterocycles. The molecule has 0 aliphatic rings.